The summed E-state index contributed by atoms with van der Waals surface area (Å²) in [6, 6.07) is -0.590. The quantitative estimate of drug-likeness (QED) is 0.503. The molecule has 0 aromatic rings. The Morgan fingerprint density at radius 3 is 2.53 bits per heavy atom. The number of hydrogen-bond acceptors (Lipinski definition) is 3. The number of aliphatic hydroxyl groups is 1. The van der Waals surface area contributed by atoms with Crippen LogP contribution in [-0.2, 0) is 4.79 Å². The van der Waals surface area contributed by atoms with Crippen LogP contribution in [0.1, 0.15) is 27.7 Å². The molecule has 4 nitrogen and oxygen atoms in total. The maximum absolute atomic E-state index is 11.6. The van der Waals surface area contributed by atoms with Crippen molar-refractivity contribution < 1.29 is 9.90 Å². The minimum atomic E-state index is -0.691. The van der Waals surface area contributed by atoms with Gasteiger partial charge in [-0.25, -0.2) is 0 Å². The highest BCUT2D eigenvalue weighted by Crippen LogP contribution is 2.35. The summed E-state index contributed by atoms with van der Waals surface area (Å²) in [5.41, 5.74) is 5.63. The fourth-order valence-corrected chi connectivity index (χ4v) is 3.85. The molecule has 1 rings (SSSR count). The summed E-state index contributed by atoms with van der Waals surface area (Å²) in [6.45, 7) is 8.72. The molecule has 0 aromatic heterocycles. The van der Waals surface area contributed by atoms with Gasteiger partial charge in [-0.2, -0.15) is 0 Å². The van der Waals surface area contributed by atoms with Gasteiger partial charge in [0.2, 0.25) is 5.91 Å². The lowest BCUT2D eigenvalue weighted by atomic mass is 9.99. The maximum atomic E-state index is 11.6. The first-order valence-electron chi connectivity index (χ1n) is 5.48. The van der Waals surface area contributed by atoms with Crippen molar-refractivity contribution in [2.45, 2.75) is 44.8 Å². The average molecular weight is 230 g/mol. The molecule has 1 fully saturated rings. The Morgan fingerprint density at radius 2 is 2.13 bits per heavy atom. The molecule has 1 amide bonds. The lowest BCUT2D eigenvalue weighted by Gasteiger charge is -2.48. The first-order chi connectivity index (χ1) is 6.81. The number of aliphatic hydroxyl groups excluding tert-OH is 1. The van der Waals surface area contributed by atoms with Gasteiger partial charge in [0.15, 0.2) is 0 Å². The van der Waals surface area contributed by atoms with Gasteiger partial charge in [-0.05, 0) is 11.0 Å². The van der Waals surface area contributed by atoms with Crippen LogP contribution < -0.4 is 5.73 Å². The molecule has 0 spiro atoms. The van der Waals surface area contributed by atoms with Crippen molar-refractivity contribution in [3.8, 4) is 0 Å². The molecule has 2 unspecified atom stereocenters. The summed E-state index contributed by atoms with van der Waals surface area (Å²) < 4.78 is 1.84. The van der Waals surface area contributed by atoms with Gasteiger partial charge in [0, 0.05) is 0 Å². The Labute approximate surface area is 93.7 Å². The first kappa shape index (κ1) is 12.7. The van der Waals surface area contributed by atoms with E-state index in [9.17, 15) is 4.79 Å². The third kappa shape index (κ3) is 2.24. The van der Waals surface area contributed by atoms with Gasteiger partial charge in [-0.15, -0.1) is 0 Å². The fraction of sp³-hybridized carbons (Fsp3) is 0.900. The number of hydrogen-bond donors (Lipinski definition) is 2. The Hall–Kier alpha value is -0.393. The van der Waals surface area contributed by atoms with E-state index in [-0.39, 0.29) is 23.6 Å². The van der Waals surface area contributed by atoms with Crippen LogP contribution in [0.4, 0.5) is 0 Å². The van der Waals surface area contributed by atoms with E-state index in [1.54, 1.807) is 0 Å². The molecule has 1 saturated heterocycles. The molecule has 1 aliphatic heterocycles. The second-order valence-corrected chi connectivity index (χ2v) is 8.21. The zero-order valence-electron chi connectivity index (χ0n) is 10.0. The Balaban J connectivity index is 2.63. The number of nitrogens with two attached hydrogens (primary N) is 1. The van der Waals surface area contributed by atoms with Crippen molar-refractivity contribution in [3.05, 3.63) is 0 Å². The number of carbonyl (C=O) groups excluding carboxylic acids is 1. The van der Waals surface area contributed by atoms with Gasteiger partial charge in [0.05, 0.1) is 12.6 Å². The van der Waals surface area contributed by atoms with E-state index >= 15 is 0 Å². The van der Waals surface area contributed by atoms with Crippen molar-refractivity contribution >= 4 is 15.6 Å². The Morgan fingerprint density at radius 1 is 1.60 bits per heavy atom. The lowest BCUT2D eigenvalue weighted by Crippen LogP contribution is -2.71. The SMILES string of the molecule is CC(C)C(C)(C)[SiH2]N1C(=O)C(N)C1CO. The highest BCUT2D eigenvalue weighted by atomic mass is 28.2. The molecule has 0 aromatic carbocycles. The second-order valence-electron chi connectivity index (χ2n) is 5.39. The normalized spacial score (nSPS) is 27.9. The number of amides is 1. The van der Waals surface area contributed by atoms with Gasteiger partial charge >= 0.3 is 0 Å². The summed E-state index contributed by atoms with van der Waals surface area (Å²) >= 11 is 0. The zero-order valence-corrected chi connectivity index (χ0v) is 11.4. The number of rotatable bonds is 4. The fourth-order valence-electron chi connectivity index (χ4n) is 1.66. The van der Waals surface area contributed by atoms with E-state index in [0.717, 1.165) is 0 Å². The standard InChI is InChI=1S/C10H22N2O2Si/c1-6(2)10(3,4)15-12-7(5-13)8(11)9(12)14/h6-8,13H,5,11,15H2,1-4H3. The molecule has 88 valence electrons. The van der Waals surface area contributed by atoms with Crippen LogP contribution in [-0.4, -0.2) is 44.0 Å². The predicted molar refractivity (Wildman–Crippen MR) is 63.1 cm³/mol. The summed E-state index contributed by atoms with van der Waals surface area (Å²) in [5, 5.41) is 9.33. The third-order valence-corrected chi connectivity index (χ3v) is 6.46. The molecule has 2 atom stereocenters. The molecule has 1 heterocycles. The molecule has 5 heteroatoms. The van der Waals surface area contributed by atoms with Gasteiger partial charge < -0.3 is 15.4 Å². The molecular weight excluding hydrogens is 208 g/mol. The monoisotopic (exact) mass is 230 g/mol. The van der Waals surface area contributed by atoms with Crippen LogP contribution in [0.15, 0.2) is 0 Å². The van der Waals surface area contributed by atoms with Gasteiger partial charge in [0.1, 0.15) is 15.7 Å². The molecule has 0 bridgehead atoms. The number of β-lactam (4-membered cyclic amide) rings is 1. The Bertz CT molecular complexity index is 256. The number of nitrogens with zero attached hydrogens (tertiary/aromatic N) is 1. The number of carbonyl (C=O) groups is 1. The van der Waals surface area contributed by atoms with Gasteiger partial charge in [-0.3, -0.25) is 4.79 Å². The first-order valence-corrected chi connectivity index (χ1v) is 6.82. The maximum Gasteiger partial charge on any atom is 0.233 e. The topological polar surface area (TPSA) is 66.6 Å². The second kappa shape index (κ2) is 4.23. The highest BCUT2D eigenvalue weighted by Gasteiger charge is 2.46. The largest absolute Gasteiger partial charge is 0.394 e. The van der Waals surface area contributed by atoms with Crippen LogP contribution in [0.25, 0.3) is 0 Å². The van der Waals surface area contributed by atoms with E-state index in [0.29, 0.717) is 5.92 Å². The van der Waals surface area contributed by atoms with Crippen molar-refractivity contribution in [3.63, 3.8) is 0 Å². The average Bonchev–Trinajstić information content (AvgIpc) is 2.16. The zero-order chi connectivity index (χ0) is 11.8. The van der Waals surface area contributed by atoms with E-state index in [2.05, 4.69) is 27.7 Å². The highest BCUT2D eigenvalue weighted by molar-refractivity contribution is 6.42. The van der Waals surface area contributed by atoms with E-state index < -0.39 is 15.7 Å². The predicted octanol–water partition coefficient (Wildman–Crippen LogP) is -0.545. The van der Waals surface area contributed by atoms with E-state index in [4.69, 9.17) is 10.8 Å². The molecule has 3 N–H and O–H groups in total. The van der Waals surface area contributed by atoms with E-state index in [1.165, 1.54) is 0 Å². The van der Waals surface area contributed by atoms with Crippen LogP contribution in [0.5, 0.6) is 0 Å². The van der Waals surface area contributed by atoms with Crippen LogP contribution >= 0.6 is 0 Å². The summed E-state index contributed by atoms with van der Waals surface area (Å²) in [5.74, 6) is 0.572. The van der Waals surface area contributed by atoms with Crippen molar-refractivity contribution in [1.29, 1.82) is 0 Å². The van der Waals surface area contributed by atoms with Crippen molar-refractivity contribution in [2.75, 3.05) is 6.61 Å². The third-order valence-electron chi connectivity index (χ3n) is 3.71. The Kier molecular flexibility index (Phi) is 3.58. The van der Waals surface area contributed by atoms with Crippen LogP contribution in [0.3, 0.4) is 0 Å². The lowest BCUT2D eigenvalue weighted by molar-refractivity contribution is -0.142. The van der Waals surface area contributed by atoms with Gasteiger partial charge in [0.25, 0.3) is 0 Å². The van der Waals surface area contributed by atoms with Gasteiger partial charge in [-0.1, -0.05) is 27.7 Å². The molecule has 1 aliphatic rings. The minimum absolute atomic E-state index is 0.00587. The smallest absolute Gasteiger partial charge is 0.233 e. The molecule has 15 heavy (non-hydrogen) atoms. The van der Waals surface area contributed by atoms with Crippen LogP contribution in [0.2, 0.25) is 5.04 Å². The van der Waals surface area contributed by atoms with Crippen LogP contribution in [0, 0.1) is 5.92 Å². The summed E-state index contributed by atoms with van der Waals surface area (Å²) in [7, 11) is -0.691. The van der Waals surface area contributed by atoms with E-state index in [1.807, 2.05) is 4.57 Å². The summed E-state index contributed by atoms with van der Waals surface area (Å²) in [4.78, 5) is 11.6. The summed E-state index contributed by atoms with van der Waals surface area (Å²) in [6.07, 6.45) is 0. The molecule has 0 saturated carbocycles. The minimum Gasteiger partial charge on any atom is -0.394 e. The van der Waals surface area contributed by atoms with Crippen molar-refractivity contribution in [1.82, 2.24) is 4.57 Å². The molecule has 0 radical (unpaired) electrons. The molecule has 0 aliphatic carbocycles. The molecular formula is C10H22N2O2Si. The van der Waals surface area contributed by atoms with Crippen molar-refractivity contribution in [2.24, 2.45) is 11.7 Å².